The van der Waals surface area contributed by atoms with Crippen LogP contribution in [0, 0.1) is 6.92 Å². The second-order valence-corrected chi connectivity index (χ2v) is 9.68. The van der Waals surface area contributed by atoms with Crippen molar-refractivity contribution < 1.29 is 27.6 Å². The van der Waals surface area contributed by atoms with Crippen LogP contribution >= 0.6 is 0 Å². The number of rotatable bonds is 7. The Balaban J connectivity index is 1.53. The summed E-state index contributed by atoms with van der Waals surface area (Å²) in [6.45, 7) is 3.45. The van der Waals surface area contributed by atoms with Gasteiger partial charge in [-0.2, -0.15) is 13.2 Å². The van der Waals surface area contributed by atoms with Crippen molar-refractivity contribution in [2.45, 2.75) is 32.1 Å². The Hall–Kier alpha value is -3.64. The van der Waals surface area contributed by atoms with Crippen molar-refractivity contribution in [2.75, 3.05) is 39.5 Å². The van der Waals surface area contributed by atoms with Crippen LogP contribution in [0.2, 0.25) is 0 Å². The molecular formula is C25H32F3N6O3+. The lowest BCUT2D eigenvalue weighted by Gasteiger charge is -2.26. The highest BCUT2D eigenvalue weighted by atomic mass is 19.4. The van der Waals surface area contributed by atoms with Crippen molar-refractivity contribution in [2.24, 2.45) is 5.73 Å². The number of halogens is 3. The van der Waals surface area contributed by atoms with Gasteiger partial charge < -0.3 is 22.1 Å². The third kappa shape index (κ3) is 6.77. The molecule has 1 fully saturated rings. The predicted molar refractivity (Wildman–Crippen MR) is 134 cm³/mol. The molecule has 1 saturated heterocycles. The van der Waals surface area contributed by atoms with Gasteiger partial charge in [0.2, 0.25) is 5.91 Å². The normalized spacial score (nSPS) is 16.4. The van der Waals surface area contributed by atoms with Crippen LogP contribution < -0.4 is 26.6 Å². The number of hydrogen-bond acceptors (Lipinski definition) is 5. The lowest BCUT2D eigenvalue weighted by molar-refractivity contribution is -0.137. The first-order valence-corrected chi connectivity index (χ1v) is 11.7. The molecule has 1 heterocycles. The summed E-state index contributed by atoms with van der Waals surface area (Å²) in [5.41, 5.74) is 12.5. The molecule has 0 aliphatic carbocycles. The van der Waals surface area contributed by atoms with Crippen LogP contribution in [0.3, 0.4) is 0 Å². The van der Waals surface area contributed by atoms with Gasteiger partial charge in [-0.3, -0.25) is 14.5 Å². The van der Waals surface area contributed by atoms with Crippen LogP contribution in [0.25, 0.3) is 0 Å². The maximum absolute atomic E-state index is 12.9. The smallest absolute Gasteiger partial charge is 0.398 e. The number of nitrogens with one attached hydrogen (secondary N) is 2. The van der Waals surface area contributed by atoms with Crippen LogP contribution in [0.15, 0.2) is 36.4 Å². The van der Waals surface area contributed by atoms with Crippen LogP contribution in [0.4, 0.5) is 29.3 Å². The lowest BCUT2D eigenvalue weighted by atomic mass is 10.1. The minimum atomic E-state index is -4.62. The van der Waals surface area contributed by atoms with Gasteiger partial charge in [0.15, 0.2) is 0 Å². The SMILES string of the molecule is Cc1ccc(CN2CC[C@@H](NC(=O)CNC(=O)c3cc(C(F)(F)F)ccc3N)C2)cc1[N+](C)(C)C(N)=O. The van der Waals surface area contributed by atoms with Gasteiger partial charge in [-0.1, -0.05) is 12.1 Å². The molecule has 1 atom stereocenters. The number of amides is 4. The van der Waals surface area contributed by atoms with Gasteiger partial charge in [0, 0.05) is 43.0 Å². The van der Waals surface area contributed by atoms with E-state index in [0.717, 1.165) is 35.5 Å². The fourth-order valence-corrected chi connectivity index (χ4v) is 4.29. The van der Waals surface area contributed by atoms with E-state index >= 15 is 0 Å². The second-order valence-electron chi connectivity index (χ2n) is 9.68. The summed E-state index contributed by atoms with van der Waals surface area (Å²) in [5.74, 6) is -1.32. The first-order valence-electron chi connectivity index (χ1n) is 11.7. The van der Waals surface area contributed by atoms with Gasteiger partial charge in [0.05, 0.1) is 31.8 Å². The Morgan fingerprint density at radius 1 is 1.14 bits per heavy atom. The van der Waals surface area contributed by atoms with E-state index in [9.17, 15) is 27.6 Å². The van der Waals surface area contributed by atoms with E-state index in [0.29, 0.717) is 25.6 Å². The number of nitrogen functional groups attached to an aromatic ring is 1. The highest BCUT2D eigenvalue weighted by Crippen LogP contribution is 2.31. The number of carbonyl (C=O) groups is 3. The number of primary amides is 1. The van der Waals surface area contributed by atoms with Gasteiger partial charge in [0.1, 0.15) is 5.69 Å². The van der Waals surface area contributed by atoms with Gasteiger partial charge in [-0.25, -0.2) is 9.28 Å². The van der Waals surface area contributed by atoms with Crippen molar-refractivity contribution in [3.05, 3.63) is 58.7 Å². The number of anilines is 1. The zero-order valence-corrected chi connectivity index (χ0v) is 21.0. The molecule has 200 valence electrons. The standard InChI is InChI=1S/C25H31F3N6O3/c1-15-4-5-16(10-21(15)34(2,3)24(30)37)13-33-9-8-18(14-33)32-22(35)12-31-23(36)19-11-17(25(26,27)28)6-7-20(19)29/h4-7,10-11,18H,8-9,12-14H2,1-3H3,(H5-,29,30,31,32,35,36,37)/p+1/t18-/m1/s1. The van der Waals surface area contributed by atoms with Gasteiger partial charge in [-0.15, -0.1) is 0 Å². The number of hydrogen-bond donors (Lipinski definition) is 4. The summed E-state index contributed by atoms with van der Waals surface area (Å²) in [7, 11) is 3.46. The summed E-state index contributed by atoms with van der Waals surface area (Å²) in [6.07, 6.45) is -3.92. The fraction of sp³-hybridized carbons (Fsp3) is 0.400. The van der Waals surface area contributed by atoms with E-state index in [1.807, 2.05) is 25.1 Å². The van der Waals surface area contributed by atoms with Crippen molar-refractivity contribution in [1.82, 2.24) is 20.0 Å². The molecule has 4 amide bonds. The number of alkyl halides is 3. The Labute approximate surface area is 213 Å². The molecule has 0 bridgehead atoms. The average molecular weight is 522 g/mol. The van der Waals surface area contributed by atoms with Crippen molar-refractivity contribution in [3.8, 4) is 0 Å². The van der Waals surface area contributed by atoms with Crippen molar-refractivity contribution in [3.63, 3.8) is 0 Å². The zero-order valence-electron chi connectivity index (χ0n) is 21.0. The molecule has 0 saturated carbocycles. The molecule has 2 aromatic rings. The molecular weight excluding hydrogens is 489 g/mol. The highest BCUT2D eigenvalue weighted by Gasteiger charge is 2.32. The Morgan fingerprint density at radius 2 is 1.84 bits per heavy atom. The molecule has 0 radical (unpaired) electrons. The summed E-state index contributed by atoms with van der Waals surface area (Å²) in [5, 5.41) is 5.17. The van der Waals surface area contributed by atoms with E-state index in [-0.39, 0.29) is 21.8 Å². The monoisotopic (exact) mass is 521 g/mol. The molecule has 1 aliphatic rings. The minimum Gasteiger partial charge on any atom is -0.398 e. The molecule has 0 aromatic heterocycles. The summed E-state index contributed by atoms with van der Waals surface area (Å²) >= 11 is 0. The maximum atomic E-state index is 12.9. The second kappa shape index (κ2) is 10.8. The summed E-state index contributed by atoms with van der Waals surface area (Å²) < 4.78 is 38.7. The largest absolute Gasteiger partial charge is 0.418 e. The molecule has 0 spiro atoms. The van der Waals surface area contributed by atoms with E-state index in [2.05, 4.69) is 15.5 Å². The number of likely N-dealkylation sites (tertiary alicyclic amines) is 1. The Bertz CT molecular complexity index is 1200. The minimum absolute atomic E-state index is 0.0732. The predicted octanol–water partition coefficient (Wildman–Crippen LogP) is 2.36. The first-order chi connectivity index (χ1) is 17.2. The number of urea groups is 1. The van der Waals surface area contributed by atoms with E-state index < -0.39 is 36.1 Å². The first kappa shape index (κ1) is 27.9. The van der Waals surface area contributed by atoms with E-state index in [1.54, 1.807) is 14.1 Å². The van der Waals surface area contributed by atoms with Gasteiger partial charge in [0.25, 0.3) is 5.91 Å². The number of nitrogens with two attached hydrogens (primary N) is 2. The molecule has 3 rings (SSSR count). The zero-order chi connectivity index (χ0) is 27.5. The summed E-state index contributed by atoms with van der Waals surface area (Å²) in [6, 6.07) is 7.75. The quantitative estimate of drug-likeness (QED) is 0.328. The number of aryl methyl sites for hydroxylation is 1. The highest BCUT2D eigenvalue weighted by molar-refractivity contribution is 6.00. The molecule has 12 heteroatoms. The lowest BCUT2D eigenvalue weighted by Crippen LogP contribution is -2.50. The van der Waals surface area contributed by atoms with Crippen LogP contribution in [-0.4, -0.2) is 62.5 Å². The third-order valence-corrected chi connectivity index (χ3v) is 6.51. The average Bonchev–Trinajstić information content (AvgIpc) is 3.24. The molecule has 0 unspecified atom stereocenters. The third-order valence-electron chi connectivity index (χ3n) is 6.51. The number of nitrogens with zero attached hydrogens (tertiary/aromatic N) is 2. The maximum Gasteiger partial charge on any atom is 0.418 e. The van der Waals surface area contributed by atoms with Crippen molar-refractivity contribution in [1.29, 1.82) is 0 Å². The molecule has 9 nitrogen and oxygen atoms in total. The number of carbonyl (C=O) groups excluding carboxylic acids is 3. The number of quaternary nitrogens is 1. The molecule has 2 aromatic carbocycles. The van der Waals surface area contributed by atoms with Crippen LogP contribution in [-0.2, 0) is 17.5 Å². The number of benzene rings is 2. The summed E-state index contributed by atoms with van der Waals surface area (Å²) in [4.78, 5) is 38.7. The fourth-order valence-electron chi connectivity index (χ4n) is 4.29. The topological polar surface area (TPSA) is 131 Å². The Morgan fingerprint density at radius 3 is 2.49 bits per heavy atom. The molecule has 1 aliphatic heterocycles. The van der Waals surface area contributed by atoms with E-state index in [1.165, 1.54) is 0 Å². The van der Waals surface area contributed by atoms with Crippen LogP contribution in [0.5, 0.6) is 0 Å². The van der Waals surface area contributed by atoms with E-state index in [4.69, 9.17) is 11.5 Å². The Kier molecular flexibility index (Phi) is 8.13. The molecule has 37 heavy (non-hydrogen) atoms. The van der Waals surface area contributed by atoms with Gasteiger partial charge >= 0.3 is 12.2 Å². The van der Waals surface area contributed by atoms with Crippen LogP contribution in [0.1, 0.15) is 33.5 Å². The molecule has 6 N–H and O–H groups in total. The van der Waals surface area contributed by atoms with Crippen molar-refractivity contribution >= 4 is 29.2 Å². The van der Waals surface area contributed by atoms with Gasteiger partial charge in [-0.05, 0) is 37.1 Å².